The van der Waals surface area contributed by atoms with Gasteiger partial charge in [0, 0.05) is 5.39 Å². The van der Waals surface area contributed by atoms with Crippen LogP contribution in [0.1, 0.15) is 43.7 Å². The van der Waals surface area contributed by atoms with E-state index in [1.165, 1.54) is 54.1 Å². The third kappa shape index (κ3) is 5.38. The Hall–Kier alpha value is -3.82. The van der Waals surface area contributed by atoms with E-state index in [1.54, 1.807) is 20.8 Å². The van der Waals surface area contributed by atoms with E-state index in [0.717, 1.165) is 0 Å². The molecule has 0 aliphatic heterocycles. The molecule has 0 radical (unpaired) electrons. The van der Waals surface area contributed by atoms with Crippen molar-refractivity contribution in [2.45, 2.75) is 46.3 Å². The number of aliphatic carboxylic acids is 1. The molecule has 1 aromatic heterocycles. The van der Waals surface area contributed by atoms with Gasteiger partial charge in [0.2, 0.25) is 5.91 Å². The average Bonchev–Trinajstić information content (AvgIpc) is 3.13. The molecule has 2 aromatic carbocycles. The standard InChI is InChI=1S/C24H26F2N4O4/c1-13(23(33)34)27-22(32)20(24(2,3)4)28-21(31)18-16-6-5-7-17(26)19(16)30(29-18)12-14-8-10-15(25)11-9-14/h5-11,13,20H,12H2,1-4H3,(H,27,32)(H,28,31)(H,33,34)/t13-,20+/m0/s1/i/hD. The van der Waals surface area contributed by atoms with Crippen LogP contribution in [0.2, 0.25) is 1.41 Å². The molecule has 0 spiro atoms. The second-order valence-corrected chi connectivity index (χ2v) is 9.04. The van der Waals surface area contributed by atoms with Crippen LogP contribution in [0.25, 0.3) is 10.9 Å². The molecule has 0 fully saturated rings. The van der Waals surface area contributed by atoms with E-state index in [4.69, 9.17) is 6.52 Å². The minimum absolute atomic E-state index is 0.0184. The minimum Gasteiger partial charge on any atom is -0.480 e. The lowest BCUT2D eigenvalue weighted by molar-refractivity contribution is -0.142. The number of amides is 2. The van der Waals surface area contributed by atoms with Gasteiger partial charge in [-0.2, -0.15) is 5.10 Å². The van der Waals surface area contributed by atoms with Gasteiger partial charge in [-0.1, -0.05) is 45.0 Å². The summed E-state index contributed by atoms with van der Waals surface area (Å²) >= 11 is 0. The predicted octanol–water partition coefficient (Wildman–Crippen LogP) is 3.10. The molecule has 34 heavy (non-hydrogen) atoms. The number of nitrogens with zero attached hydrogens (tertiary/aromatic N) is 2. The molecule has 2 atom stereocenters. The molecule has 0 saturated carbocycles. The van der Waals surface area contributed by atoms with E-state index >= 15 is 0 Å². The monoisotopic (exact) mass is 473 g/mol. The Morgan fingerprint density at radius 3 is 2.38 bits per heavy atom. The predicted molar refractivity (Wildman–Crippen MR) is 121 cm³/mol. The largest absolute Gasteiger partial charge is 0.480 e. The Bertz CT molecular complexity index is 1270. The number of carbonyl (C=O) groups is 3. The Balaban J connectivity index is 2.02. The van der Waals surface area contributed by atoms with Crippen molar-refractivity contribution in [3.8, 4) is 0 Å². The Morgan fingerprint density at radius 1 is 1.15 bits per heavy atom. The molecule has 3 N–H and O–H groups in total. The van der Waals surface area contributed by atoms with Crippen LogP contribution in [0.3, 0.4) is 0 Å². The molecule has 0 saturated heterocycles. The maximum atomic E-state index is 14.8. The van der Waals surface area contributed by atoms with Gasteiger partial charge in [0.15, 0.2) is 7.11 Å². The van der Waals surface area contributed by atoms with Gasteiger partial charge in [0.05, 0.1) is 6.54 Å². The fourth-order valence-corrected chi connectivity index (χ4v) is 3.41. The van der Waals surface area contributed by atoms with Gasteiger partial charge in [-0.05, 0) is 36.1 Å². The SMILES string of the molecule is [2H]N(C(=O)c1nn(Cc2ccc(F)cc2)c2c(F)cccc12)[C@H](C(=O)N[C@@H](C)C(=O)O)C(C)(C)C. The number of carboxylic acid groups (broad SMARTS) is 1. The van der Waals surface area contributed by atoms with Crippen LogP contribution < -0.4 is 10.6 Å². The van der Waals surface area contributed by atoms with Gasteiger partial charge in [0.1, 0.15) is 29.2 Å². The molecule has 0 aliphatic rings. The molecule has 10 heteroatoms. The molecular formula is C24H26F2N4O4. The number of hydrogen-bond donors (Lipinski definition) is 3. The van der Waals surface area contributed by atoms with E-state index in [0.29, 0.717) is 10.9 Å². The maximum absolute atomic E-state index is 14.8. The summed E-state index contributed by atoms with van der Waals surface area (Å²) < 4.78 is 37.8. The van der Waals surface area contributed by atoms with E-state index < -0.39 is 46.9 Å². The number of benzene rings is 2. The number of nitrogens with one attached hydrogen (secondary N) is 2. The highest BCUT2D eigenvalue weighted by molar-refractivity contribution is 6.06. The zero-order valence-electron chi connectivity index (χ0n) is 20.2. The van der Waals surface area contributed by atoms with E-state index in [2.05, 4.69) is 10.4 Å². The van der Waals surface area contributed by atoms with Crippen molar-refractivity contribution in [2.24, 2.45) is 5.41 Å². The molecular weight excluding hydrogens is 446 g/mol. The quantitative estimate of drug-likeness (QED) is 0.488. The molecule has 180 valence electrons. The third-order valence-corrected chi connectivity index (χ3v) is 5.21. The van der Waals surface area contributed by atoms with Crippen molar-refractivity contribution in [1.29, 1.82) is 0 Å². The van der Waals surface area contributed by atoms with Crippen LogP contribution in [0.5, 0.6) is 0 Å². The van der Waals surface area contributed by atoms with Crippen LogP contribution in [-0.4, -0.2) is 44.8 Å². The highest BCUT2D eigenvalue weighted by Crippen LogP contribution is 2.25. The van der Waals surface area contributed by atoms with Crippen LogP contribution in [-0.2, 0) is 16.1 Å². The number of rotatable bonds is 7. The molecule has 1 heterocycles. The first-order valence-corrected chi connectivity index (χ1v) is 10.6. The number of carbonyl (C=O) groups excluding carboxylic acids is 2. The minimum atomic E-state index is -1.37. The molecule has 0 aliphatic carbocycles. The third-order valence-electron chi connectivity index (χ3n) is 5.21. The topological polar surface area (TPSA) is 113 Å². The number of fused-ring (bicyclic) bond motifs is 1. The zero-order chi connectivity index (χ0) is 26.1. The number of hydrogen-bond acceptors (Lipinski definition) is 4. The van der Waals surface area contributed by atoms with Crippen molar-refractivity contribution in [2.75, 3.05) is 0 Å². The van der Waals surface area contributed by atoms with E-state index in [9.17, 15) is 23.2 Å². The highest BCUT2D eigenvalue weighted by Gasteiger charge is 2.35. The van der Waals surface area contributed by atoms with Crippen LogP contribution in [0, 0.1) is 17.0 Å². The smallest absolute Gasteiger partial charge is 0.325 e. The summed E-state index contributed by atoms with van der Waals surface area (Å²) in [6, 6.07) is 6.98. The lowest BCUT2D eigenvalue weighted by Crippen LogP contribution is -2.56. The summed E-state index contributed by atoms with van der Waals surface area (Å²) in [6.45, 7) is 6.18. The van der Waals surface area contributed by atoms with Crippen LogP contribution in [0.4, 0.5) is 8.78 Å². The fraction of sp³-hybridized carbons (Fsp3) is 0.333. The first-order chi connectivity index (χ1) is 16.3. The molecule has 0 bridgehead atoms. The maximum Gasteiger partial charge on any atom is 0.325 e. The van der Waals surface area contributed by atoms with Crippen molar-refractivity contribution >= 4 is 28.7 Å². The number of halogens is 2. The number of carboxylic acids is 1. The van der Waals surface area contributed by atoms with Gasteiger partial charge < -0.3 is 15.7 Å². The first kappa shape index (κ1) is 23.3. The lowest BCUT2D eigenvalue weighted by Gasteiger charge is -2.30. The van der Waals surface area contributed by atoms with Crippen LogP contribution >= 0.6 is 0 Å². The van der Waals surface area contributed by atoms with E-state index in [-0.39, 0.29) is 23.1 Å². The summed E-state index contributed by atoms with van der Waals surface area (Å²) in [5.41, 5.74) is -0.567. The zero-order valence-corrected chi connectivity index (χ0v) is 19.2. The van der Waals surface area contributed by atoms with Crippen molar-refractivity contribution in [3.05, 3.63) is 65.4 Å². The number of aromatic nitrogens is 2. The second-order valence-electron chi connectivity index (χ2n) is 9.04. The molecule has 2 amide bonds. The number of para-hydroxylation sites is 1. The summed E-state index contributed by atoms with van der Waals surface area (Å²) in [4.78, 5) is 37.4. The van der Waals surface area contributed by atoms with Gasteiger partial charge in [0.25, 0.3) is 5.91 Å². The molecule has 3 aromatic rings. The summed E-state index contributed by atoms with van der Waals surface area (Å²) in [5, 5.41) is 16.2. The van der Waals surface area contributed by atoms with E-state index in [1.807, 2.05) is 0 Å². The summed E-state index contributed by atoms with van der Waals surface area (Å²) in [6.07, 6.45) is 0. The Kier molecular flexibility index (Phi) is 6.58. The fourth-order valence-electron chi connectivity index (χ4n) is 3.41. The van der Waals surface area contributed by atoms with Gasteiger partial charge in [-0.25, -0.2) is 8.78 Å². The Labute approximate surface area is 196 Å². The Morgan fingerprint density at radius 2 is 1.79 bits per heavy atom. The van der Waals surface area contributed by atoms with Crippen molar-refractivity contribution < 1.29 is 29.7 Å². The van der Waals surface area contributed by atoms with Crippen molar-refractivity contribution in [3.63, 3.8) is 0 Å². The summed E-state index contributed by atoms with van der Waals surface area (Å²) in [5.74, 6) is -4.13. The molecule has 8 nitrogen and oxygen atoms in total. The molecule has 0 unspecified atom stereocenters. The van der Waals surface area contributed by atoms with Gasteiger partial charge in [-0.3, -0.25) is 19.1 Å². The van der Waals surface area contributed by atoms with Crippen LogP contribution in [0.15, 0.2) is 42.5 Å². The second kappa shape index (κ2) is 9.58. The first-order valence-electron chi connectivity index (χ1n) is 11.0. The summed E-state index contributed by atoms with van der Waals surface area (Å²) in [7, 11) is 0. The molecule has 3 rings (SSSR count). The highest BCUT2D eigenvalue weighted by atomic mass is 19.1. The average molecular weight is 473 g/mol. The van der Waals surface area contributed by atoms with Gasteiger partial charge in [-0.15, -0.1) is 0 Å². The lowest BCUT2D eigenvalue weighted by atomic mass is 9.85. The normalized spacial score (nSPS) is 13.8. The van der Waals surface area contributed by atoms with Gasteiger partial charge >= 0.3 is 5.97 Å². The van der Waals surface area contributed by atoms with Crippen molar-refractivity contribution in [1.82, 2.24) is 20.4 Å².